The zero-order valence-electron chi connectivity index (χ0n) is 14.3. The number of nitrogens with zero attached hydrogens (tertiary/aromatic N) is 1. The van der Waals surface area contributed by atoms with Crippen molar-refractivity contribution in [1.82, 2.24) is 15.5 Å². The Hall–Kier alpha value is -1.44. The van der Waals surface area contributed by atoms with Gasteiger partial charge in [0.15, 0.2) is 0 Å². The summed E-state index contributed by atoms with van der Waals surface area (Å²) in [4.78, 5) is 25.7. The maximum atomic E-state index is 12.4. The number of aliphatic hydroxyl groups excluding tert-OH is 1. The van der Waals surface area contributed by atoms with E-state index >= 15 is 0 Å². The molecule has 0 aromatic rings. The zero-order valence-corrected chi connectivity index (χ0v) is 14.3. The number of carboxylic acid groups (broad SMARTS) is 1. The third kappa shape index (κ3) is 2.64. The van der Waals surface area contributed by atoms with Crippen LogP contribution in [0.4, 0.5) is 0 Å². The standard InChI is InChI=1S/C17H27N3O4/c1-9(21)12-14-11-5-3-4-10(8-19-7-6-18-2)13(11)15(17(23)24)20(14)16(12)22/h9-12,14,18-19,21H,3-8H2,1-2H3,(H,23,24)/t9-,10?,11+,12-,14-/m1/s1. The third-order valence-corrected chi connectivity index (χ3v) is 5.69. The van der Waals surface area contributed by atoms with Crippen LogP contribution in [0, 0.1) is 17.8 Å². The van der Waals surface area contributed by atoms with Gasteiger partial charge >= 0.3 is 5.97 Å². The maximum absolute atomic E-state index is 12.4. The molecule has 5 atom stereocenters. The molecular weight excluding hydrogens is 310 g/mol. The molecule has 0 aromatic heterocycles. The fourth-order valence-corrected chi connectivity index (χ4v) is 4.70. The van der Waals surface area contributed by atoms with Crippen LogP contribution in [0.1, 0.15) is 26.2 Å². The van der Waals surface area contributed by atoms with Crippen molar-refractivity contribution in [2.45, 2.75) is 38.3 Å². The predicted molar refractivity (Wildman–Crippen MR) is 88.1 cm³/mol. The van der Waals surface area contributed by atoms with Crippen LogP contribution in [0.3, 0.4) is 0 Å². The average Bonchev–Trinajstić information content (AvgIpc) is 2.82. The van der Waals surface area contributed by atoms with Crippen LogP contribution in [0.15, 0.2) is 11.3 Å². The minimum atomic E-state index is -1.02. The van der Waals surface area contributed by atoms with Crippen molar-refractivity contribution in [3.8, 4) is 0 Å². The molecule has 1 aliphatic carbocycles. The Kier molecular flexibility index (Phi) is 4.94. The number of fused-ring (bicyclic) bond motifs is 3. The Morgan fingerprint density at radius 1 is 1.38 bits per heavy atom. The Morgan fingerprint density at radius 2 is 2.12 bits per heavy atom. The first-order chi connectivity index (χ1) is 11.5. The van der Waals surface area contributed by atoms with Gasteiger partial charge in [-0.3, -0.25) is 4.79 Å². The lowest BCUT2D eigenvalue weighted by Crippen LogP contribution is -2.64. The van der Waals surface area contributed by atoms with E-state index in [0.29, 0.717) is 0 Å². The highest BCUT2D eigenvalue weighted by atomic mass is 16.4. The number of aliphatic hydroxyl groups is 1. The van der Waals surface area contributed by atoms with Crippen LogP contribution in [0.25, 0.3) is 0 Å². The first-order valence-electron chi connectivity index (χ1n) is 8.82. The molecule has 3 rings (SSSR count). The largest absolute Gasteiger partial charge is 0.477 e. The van der Waals surface area contributed by atoms with Gasteiger partial charge in [0.2, 0.25) is 5.91 Å². The molecule has 1 saturated carbocycles. The first-order valence-corrected chi connectivity index (χ1v) is 8.82. The van der Waals surface area contributed by atoms with E-state index in [4.69, 9.17) is 0 Å². The summed E-state index contributed by atoms with van der Waals surface area (Å²) < 4.78 is 0. The number of aliphatic carboxylic acids is 1. The highest BCUT2D eigenvalue weighted by molar-refractivity contribution is 6.00. The van der Waals surface area contributed by atoms with Crippen LogP contribution in [-0.2, 0) is 9.59 Å². The van der Waals surface area contributed by atoms with Crippen molar-refractivity contribution >= 4 is 11.9 Å². The van der Waals surface area contributed by atoms with Crippen molar-refractivity contribution in [3.05, 3.63) is 11.3 Å². The molecule has 134 valence electrons. The maximum Gasteiger partial charge on any atom is 0.352 e. The minimum absolute atomic E-state index is 0.0817. The van der Waals surface area contributed by atoms with E-state index in [0.717, 1.165) is 44.5 Å². The fourth-order valence-electron chi connectivity index (χ4n) is 4.70. The zero-order chi connectivity index (χ0) is 17.4. The molecule has 0 spiro atoms. The second-order valence-electron chi connectivity index (χ2n) is 7.12. The van der Waals surface area contributed by atoms with Gasteiger partial charge in [-0.25, -0.2) is 4.79 Å². The Morgan fingerprint density at radius 3 is 2.75 bits per heavy atom. The molecule has 3 aliphatic rings. The quantitative estimate of drug-likeness (QED) is 0.378. The van der Waals surface area contributed by atoms with Crippen molar-refractivity contribution in [1.29, 1.82) is 0 Å². The molecule has 4 N–H and O–H groups in total. The number of hydrogen-bond donors (Lipinski definition) is 4. The number of β-lactam (4-membered cyclic amide) rings is 1. The number of amides is 1. The van der Waals surface area contributed by atoms with E-state index in [1.807, 2.05) is 7.05 Å². The second kappa shape index (κ2) is 6.82. The molecule has 0 radical (unpaired) electrons. The van der Waals surface area contributed by atoms with Gasteiger partial charge in [0.1, 0.15) is 5.70 Å². The lowest BCUT2D eigenvalue weighted by molar-refractivity contribution is -0.163. The monoisotopic (exact) mass is 337 g/mol. The van der Waals surface area contributed by atoms with E-state index in [1.165, 1.54) is 4.90 Å². The lowest BCUT2D eigenvalue weighted by Gasteiger charge is -2.47. The molecule has 7 heteroatoms. The van der Waals surface area contributed by atoms with Gasteiger partial charge in [0.05, 0.1) is 18.1 Å². The van der Waals surface area contributed by atoms with E-state index in [-0.39, 0.29) is 29.5 Å². The molecule has 1 amide bonds. The van der Waals surface area contributed by atoms with Gasteiger partial charge < -0.3 is 25.7 Å². The predicted octanol–water partition coefficient (Wildman–Crippen LogP) is -0.228. The van der Waals surface area contributed by atoms with E-state index in [1.54, 1.807) is 6.92 Å². The molecule has 0 aromatic carbocycles. The minimum Gasteiger partial charge on any atom is -0.477 e. The summed E-state index contributed by atoms with van der Waals surface area (Å²) in [6.07, 6.45) is 2.15. The Bertz CT molecular complexity index is 560. The summed E-state index contributed by atoms with van der Waals surface area (Å²) in [7, 11) is 1.90. The van der Waals surface area contributed by atoms with Gasteiger partial charge in [-0.15, -0.1) is 0 Å². The average molecular weight is 337 g/mol. The number of carbonyl (C=O) groups is 2. The van der Waals surface area contributed by atoms with Gasteiger partial charge in [0, 0.05) is 25.6 Å². The first kappa shape index (κ1) is 17.4. The van der Waals surface area contributed by atoms with Crippen LogP contribution in [0.2, 0.25) is 0 Å². The molecule has 2 heterocycles. The van der Waals surface area contributed by atoms with Gasteiger partial charge in [-0.1, -0.05) is 6.42 Å². The topological polar surface area (TPSA) is 102 Å². The van der Waals surface area contributed by atoms with Crippen LogP contribution < -0.4 is 10.6 Å². The van der Waals surface area contributed by atoms with Gasteiger partial charge in [-0.2, -0.15) is 0 Å². The highest BCUT2D eigenvalue weighted by Crippen LogP contribution is 2.53. The Balaban J connectivity index is 1.85. The van der Waals surface area contributed by atoms with Crippen molar-refractivity contribution < 1.29 is 19.8 Å². The van der Waals surface area contributed by atoms with Crippen LogP contribution >= 0.6 is 0 Å². The Labute approximate surface area is 142 Å². The third-order valence-electron chi connectivity index (χ3n) is 5.69. The number of likely N-dealkylation sites (N-methyl/N-ethyl adjacent to an activating group) is 1. The summed E-state index contributed by atoms with van der Waals surface area (Å²) in [6.45, 7) is 4.05. The molecule has 1 saturated heterocycles. The summed E-state index contributed by atoms with van der Waals surface area (Å²) >= 11 is 0. The number of rotatable bonds is 7. The van der Waals surface area contributed by atoms with Gasteiger partial charge in [0.25, 0.3) is 0 Å². The summed E-state index contributed by atoms with van der Waals surface area (Å²) in [6, 6.07) is -0.168. The van der Waals surface area contributed by atoms with Crippen molar-refractivity contribution in [3.63, 3.8) is 0 Å². The summed E-state index contributed by atoms with van der Waals surface area (Å²) in [5, 5.41) is 26.1. The van der Waals surface area contributed by atoms with Gasteiger partial charge in [-0.05, 0) is 38.3 Å². The van der Waals surface area contributed by atoms with Crippen LogP contribution in [0.5, 0.6) is 0 Å². The molecule has 2 fully saturated rings. The second-order valence-corrected chi connectivity index (χ2v) is 7.12. The summed E-state index contributed by atoms with van der Waals surface area (Å²) in [5.74, 6) is -1.48. The molecular formula is C17H27N3O4. The van der Waals surface area contributed by atoms with E-state index in [9.17, 15) is 19.8 Å². The number of carbonyl (C=O) groups excluding carboxylic acids is 1. The molecule has 7 nitrogen and oxygen atoms in total. The van der Waals surface area contributed by atoms with E-state index in [2.05, 4.69) is 10.6 Å². The number of hydrogen-bond acceptors (Lipinski definition) is 5. The smallest absolute Gasteiger partial charge is 0.352 e. The number of nitrogens with one attached hydrogen (secondary N) is 2. The molecule has 2 aliphatic heterocycles. The molecule has 0 bridgehead atoms. The van der Waals surface area contributed by atoms with E-state index < -0.39 is 18.0 Å². The normalized spacial score (nSPS) is 33.1. The SMILES string of the molecule is CNCCNCC1CCC[C@H]2C1=C(C(=O)O)N1C(=O)[C@H]([C@@H](C)O)[C@@H]21. The lowest BCUT2D eigenvalue weighted by atomic mass is 9.69. The van der Waals surface area contributed by atoms with Crippen LogP contribution in [-0.4, -0.2) is 65.8 Å². The van der Waals surface area contributed by atoms with Crippen molar-refractivity contribution in [2.24, 2.45) is 17.8 Å². The van der Waals surface area contributed by atoms with Crippen molar-refractivity contribution in [2.75, 3.05) is 26.7 Å². The summed E-state index contributed by atoms with van der Waals surface area (Å²) in [5.41, 5.74) is 1.11. The molecule has 24 heavy (non-hydrogen) atoms. The fraction of sp³-hybridized carbons (Fsp3) is 0.765. The molecule has 1 unspecified atom stereocenters. The highest BCUT2D eigenvalue weighted by Gasteiger charge is 2.62. The number of carboxylic acids is 1.